The van der Waals surface area contributed by atoms with Crippen molar-refractivity contribution in [3.05, 3.63) is 0 Å². The van der Waals surface area contributed by atoms with E-state index in [2.05, 4.69) is 46.6 Å². The van der Waals surface area contributed by atoms with Crippen LogP contribution in [0.3, 0.4) is 0 Å². The minimum atomic E-state index is 0.609. The number of rotatable bonds is 5. The van der Waals surface area contributed by atoms with Gasteiger partial charge in [-0.1, -0.05) is 53.9 Å². The molecule has 1 saturated heterocycles. The minimum absolute atomic E-state index is 0.609. The lowest BCUT2D eigenvalue weighted by Gasteiger charge is -2.62. The van der Waals surface area contributed by atoms with E-state index in [1.165, 1.54) is 70.8 Å². The van der Waals surface area contributed by atoms with E-state index in [1.807, 2.05) is 0 Å². The van der Waals surface area contributed by atoms with Crippen molar-refractivity contribution in [3.8, 4) is 0 Å². The third-order valence-corrected chi connectivity index (χ3v) is 10.8. The van der Waals surface area contributed by atoms with Gasteiger partial charge in [-0.25, -0.2) is 0 Å². The molecule has 1 heteroatoms. The predicted molar refractivity (Wildman–Crippen MR) is 121 cm³/mol. The number of fused-ring (bicyclic) bond motifs is 5. The highest BCUT2D eigenvalue weighted by atomic mass is 15.2. The van der Waals surface area contributed by atoms with Gasteiger partial charge >= 0.3 is 0 Å². The Morgan fingerprint density at radius 1 is 0.857 bits per heavy atom. The van der Waals surface area contributed by atoms with Crippen molar-refractivity contribution >= 4 is 0 Å². The van der Waals surface area contributed by atoms with E-state index >= 15 is 0 Å². The van der Waals surface area contributed by atoms with Crippen LogP contribution in [0.25, 0.3) is 0 Å². The molecule has 28 heavy (non-hydrogen) atoms. The molecule has 4 rings (SSSR count). The smallest absolute Gasteiger partial charge is 0.0149 e. The maximum atomic E-state index is 2.74. The van der Waals surface area contributed by atoms with E-state index in [1.54, 1.807) is 6.42 Å². The van der Waals surface area contributed by atoms with Gasteiger partial charge in [0.25, 0.3) is 0 Å². The summed E-state index contributed by atoms with van der Waals surface area (Å²) in [5, 5.41) is 0. The summed E-state index contributed by atoms with van der Waals surface area (Å²) >= 11 is 0. The molecule has 0 aromatic carbocycles. The second-order valence-corrected chi connectivity index (χ2v) is 12.6. The molecule has 1 nitrogen and oxygen atoms in total. The summed E-state index contributed by atoms with van der Waals surface area (Å²) in [6, 6.07) is 0.874. The summed E-state index contributed by atoms with van der Waals surface area (Å²) in [5.41, 5.74) is 1.26. The molecule has 1 aliphatic heterocycles. The number of piperidine rings is 1. The summed E-state index contributed by atoms with van der Waals surface area (Å²) in [6.45, 7) is 14.2. The molecule has 0 radical (unpaired) electrons. The first-order valence-electron chi connectivity index (χ1n) is 13.0. The van der Waals surface area contributed by atoms with Gasteiger partial charge in [0, 0.05) is 6.04 Å². The SMILES string of the molecule is CC(C)CCCC(C)C1CCC2C3CC[C@H]4N(C)CCCC4(C)C3CCC12C. The van der Waals surface area contributed by atoms with Crippen LogP contribution in [0.5, 0.6) is 0 Å². The summed E-state index contributed by atoms with van der Waals surface area (Å²) in [6.07, 6.45) is 16.5. The Hall–Kier alpha value is -0.0400. The Balaban J connectivity index is 1.47. The van der Waals surface area contributed by atoms with E-state index in [4.69, 9.17) is 0 Å². The van der Waals surface area contributed by atoms with E-state index in [-0.39, 0.29) is 0 Å². The molecular weight excluding hydrogens is 338 g/mol. The fraction of sp³-hybridized carbons (Fsp3) is 1.00. The van der Waals surface area contributed by atoms with Crippen molar-refractivity contribution in [2.75, 3.05) is 13.6 Å². The van der Waals surface area contributed by atoms with Crippen LogP contribution in [0.4, 0.5) is 0 Å². The van der Waals surface area contributed by atoms with Crippen LogP contribution in [0, 0.1) is 46.3 Å². The fourth-order valence-electron chi connectivity index (χ4n) is 9.40. The van der Waals surface area contributed by atoms with E-state index in [9.17, 15) is 0 Å². The van der Waals surface area contributed by atoms with Gasteiger partial charge < -0.3 is 4.90 Å². The minimum Gasteiger partial charge on any atom is -0.303 e. The number of nitrogens with zero attached hydrogens (tertiary/aromatic N) is 1. The van der Waals surface area contributed by atoms with Crippen molar-refractivity contribution in [2.45, 2.75) is 111 Å². The Morgan fingerprint density at radius 2 is 1.61 bits per heavy atom. The largest absolute Gasteiger partial charge is 0.303 e. The molecule has 0 spiro atoms. The zero-order valence-corrected chi connectivity index (χ0v) is 20.0. The molecule has 0 bridgehead atoms. The standard InChI is InChI=1S/C27H49N/c1-19(2)9-7-10-20(3)22-12-13-23-21-11-14-25-27(5,16-8-18-28(25)6)24(21)15-17-26(22,23)4/h19-25H,7-18H2,1-6H3/t20?,21?,22?,23?,24?,25-,26?,27?/m1/s1. The molecule has 0 N–H and O–H groups in total. The van der Waals surface area contributed by atoms with Crippen molar-refractivity contribution in [1.82, 2.24) is 4.90 Å². The van der Waals surface area contributed by atoms with Crippen molar-refractivity contribution in [3.63, 3.8) is 0 Å². The molecule has 3 saturated carbocycles. The monoisotopic (exact) mass is 387 g/mol. The molecule has 0 aromatic heterocycles. The zero-order valence-electron chi connectivity index (χ0n) is 20.0. The molecule has 1 heterocycles. The number of hydrogen-bond acceptors (Lipinski definition) is 1. The lowest BCUT2D eigenvalue weighted by molar-refractivity contribution is -0.125. The summed E-state index contributed by atoms with van der Waals surface area (Å²) in [4.78, 5) is 2.74. The van der Waals surface area contributed by atoms with E-state index in [0.717, 1.165) is 41.5 Å². The van der Waals surface area contributed by atoms with Gasteiger partial charge in [0.15, 0.2) is 0 Å². The van der Waals surface area contributed by atoms with Crippen molar-refractivity contribution < 1.29 is 0 Å². The molecule has 3 aliphatic carbocycles. The quantitative estimate of drug-likeness (QED) is 0.475. The van der Waals surface area contributed by atoms with Crippen LogP contribution in [-0.2, 0) is 0 Å². The van der Waals surface area contributed by atoms with Crippen LogP contribution in [0.2, 0.25) is 0 Å². The maximum absolute atomic E-state index is 2.74. The molecular formula is C27H49N. The van der Waals surface area contributed by atoms with Gasteiger partial charge in [0.1, 0.15) is 0 Å². The first-order chi connectivity index (χ1) is 13.3. The van der Waals surface area contributed by atoms with Crippen LogP contribution in [-0.4, -0.2) is 24.5 Å². The maximum Gasteiger partial charge on any atom is 0.0149 e. The van der Waals surface area contributed by atoms with Gasteiger partial charge in [-0.3, -0.25) is 0 Å². The molecule has 162 valence electrons. The summed E-state index contributed by atoms with van der Waals surface area (Å²) in [7, 11) is 2.42. The molecule has 7 unspecified atom stereocenters. The van der Waals surface area contributed by atoms with E-state index < -0.39 is 0 Å². The lowest BCUT2D eigenvalue weighted by atomic mass is 9.46. The fourth-order valence-corrected chi connectivity index (χ4v) is 9.40. The number of likely N-dealkylation sites (tertiary alicyclic amines) is 1. The van der Waals surface area contributed by atoms with Crippen LogP contribution in [0.1, 0.15) is 105 Å². The Morgan fingerprint density at radius 3 is 2.36 bits per heavy atom. The lowest BCUT2D eigenvalue weighted by Crippen LogP contribution is -2.60. The van der Waals surface area contributed by atoms with Gasteiger partial charge in [-0.2, -0.15) is 0 Å². The molecule has 0 amide bonds. The van der Waals surface area contributed by atoms with Crippen LogP contribution >= 0.6 is 0 Å². The van der Waals surface area contributed by atoms with E-state index in [0.29, 0.717) is 10.8 Å². The van der Waals surface area contributed by atoms with Gasteiger partial charge in [0.05, 0.1) is 0 Å². The molecule has 0 aromatic rings. The average molecular weight is 388 g/mol. The summed E-state index contributed by atoms with van der Waals surface area (Å²) in [5.74, 6) is 5.91. The summed E-state index contributed by atoms with van der Waals surface area (Å²) < 4.78 is 0. The second-order valence-electron chi connectivity index (χ2n) is 12.6. The van der Waals surface area contributed by atoms with Crippen molar-refractivity contribution in [2.24, 2.45) is 46.3 Å². The molecule has 4 fully saturated rings. The first kappa shape index (κ1) is 21.2. The second kappa shape index (κ2) is 7.90. The Bertz CT molecular complexity index is 540. The third-order valence-electron chi connectivity index (χ3n) is 10.8. The van der Waals surface area contributed by atoms with Gasteiger partial charge in [0.2, 0.25) is 0 Å². The Kier molecular flexibility index (Phi) is 5.98. The zero-order chi connectivity index (χ0) is 20.1. The topological polar surface area (TPSA) is 3.24 Å². The number of hydrogen-bond donors (Lipinski definition) is 0. The van der Waals surface area contributed by atoms with Crippen LogP contribution < -0.4 is 0 Å². The highest BCUT2D eigenvalue weighted by molar-refractivity contribution is 5.10. The average Bonchev–Trinajstić information content (AvgIpc) is 2.98. The highest BCUT2D eigenvalue weighted by Gasteiger charge is 2.60. The normalized spacial score (nSPS) is 47.5. The van der Waals surface area contributed by atoms with Crippen LogP contribution in [0.15, 0.2) is 0 Å². The predicted octanol–water partition coefficient (Wildman–Crippen LogP) is 7.40. The third kappa shape index (κ3) is 3.40. The van der Waals surface area contributed by atoms with Gasteiger partial charge in [-0.05, 0) is 111 Å². The van der Waals surface area contributed by atoms with Gasteiger partial charge in [-0.15, -0.1) is 0 Å². The molecule has 4 aliphatic rings. The van der Waals surface area contributed by atoms with Crippen molar-refractivity contribution in [1.29, 1.82) is 0 Å². The molecule has 8 atom stereocenters. The highest BCUT2D eigenvalue weighted by Crippen LogP contribution is 2.67. The Labute approximate surface area is 176 Å². The first-order valence-corrected chi connectivity index (χ1v) is 13.0.